The molecule has 0 aliphatic heterocycles. The largest absolute Gasteiger partial charge is 0.381 e. The van der Waals surface area contributed by atoms with Crippen LogP contribution in [-0.2, 0) is 4.74 Å². The molecule has 3 nitrogen and oxygen atoms in total. The average Bonchev–Trinajstić information content (AvgIpc) is 2.34. The molecule has 0 amide bonds. The van der Waals surface area contributed by atoms with E-state index in [9.17, 15) is 0 Å². The molecule has 3 heteroatoms. The molecule has 0 heterocycles. The summed E-state index contributed by atoms with van der Waals surface area (Å²) >= 11 is 0. The van der Waals surface area contributed by atoms with Crippen LogP contribution < -0.4 is 11.1 Å². The maximum absolute atomic E-state index is 5.89. The van der Waals surface area contributed by atoms with Crippen molar-refractivity contribution in [3.05, 3.63) is 35.9 Å². The highest BCUT2D eigenvalue weighted by atomic mass is 16.5. The first kappa shape index (κ1) is 12.6. The summed E-state index contributed by atoms with van der Waals surface area (Å²) in [7, 11) is 1.77. The van der Waals surface area contributed by atoms with Crippen molar-refractivity contribution in [3.8, 4) is 0 Å². The molecule has 1 aromatic rings. The van der Waals surface area contributed by atoms with Crippen LogP contribution in [0.3, 0.4) is 0 Å². The van der Waals surface area contributed by atoms with Gasteiger partial charge in [0, 0.05) is 25.2 Å². The van der Waals surface area contributed by atoms with E-state index in [4.69, 9.17) is 10.5 Å². The molecule has 1 atom stereocenters. The van der Waals surface area contributed by atoms with Crippen molar-refractivity contribution >= 4 is 0 Å². The van der Waals surface area contributed by atoms with Crippen LogP contribution >= 0.6 is 0 Å². The van der Waals surface area contributed by atoms with Gasteiger partial charge < -0.3 is 15.8 Å². The molecule has 2 rings (SSSR count). The zero-order valence-corrected chi connectivity index (χ0v) is 10.6. The van der Waals surface area contributed by atoms with E-state index in [0.717, 1.165) is 12.8 Å². The van der Waals surface area contributed by atoms with Gasteiger partial charge in [-0.3, -0.25) is 0 Å². The first-order valence-corrected chi connectivity index (χ1v) is 6.24. The second-order valence-electron chi connectivity index (χ2n) is 5.03. The van der Waals surface area contributed by atoms with Gasteiger partial charge in [-0.25, -0.2) is 0 Å². The Balaban J connectivity index is 1.96. The van der Waals surface area contributed by atoms with Crippen molar-refractivity contribution in [2.75, 3.05) is 13.7 Å². The monoisotopic (exact) mass is 234 g/mol. The van der Waals surface area contributed by atoms with Crippen LogP contribution in [0.1, 0.15) is 31.4 Å². The SMILES string of the molecule is COC1CC(CN)(NC(C)c2ccccc2)C1. The Morgan fingerprint density at radius 3 is 2.59 bits per heavy atom. The molecule has 3 N–H and O–H groups in total. The topological polar surface area (TPSA) is 47.3 Å². The molecule has 0 saturated heterocycles. The van der Waals surface area contributed by atoms with Gasteiger partial charge in [0.25, 0.3) is 0 Å². The second-order valence-corrected chi connectivity index (χ2v) is 5.03. The van der Waals surface area contributed by atoms with Crippen LogP contribution in [0.4, 0.5) is 0 Å². The standard InChI is InChI=1S/C14H22N2O/c1-11(12-6-4-3-5-7-12)16-14(10-15)8-13(9-14)17-2/h3-7,11,13,16H,8-10,15H2,1-2H3. The minimum atomic E-state index is 0.0654. The molecule has 0 bridgehead atoms. The molecular weight excluding hydrogens is 212 g/mol. The Morgan fingerprint density at radius 1 is 1.41 bits per heavy atom. The highest BCUT2D eigenvalue weighted by Crippen LogP contribution is 2.35. The molecule has 0 spiro atoms. The van der Waals surface area contributed by atoms with E-state index in [-0.39, 0.29) is 5.54 Å². The van der Waals surface area contributed by atoms with E-state index in [1.165, 1.54) is 5.56 Å². The molecular formula is C14H22N2O. The Morgan fingerprint density at radius 2 is 2.06 bits per heavy atom. The second kappa shape index (κ2) is 5.17. The zero-order chi connectivity index (χ0) is 12.3. The van der Waals surface area contributed by atoms with Crippen LogP contribution in [0.5, 0.6) is 0 Å². The Labute approximate surface area is 103 Å². The van der Waals surface area contributed by atoms with Crippen LogP contribution in [0, 0.1) is 0 Å². The fourth-order valence-electron chi connectivity index (χ4n) is 2.61. The van der Waals surface area contributed by atoms with E-state index >= 15 is 0 Å². The highest BCUT2D eigenvalue weighted by Gasteiger charge is 2.44. The third kappa shape index (κ3) is 2.68. The van der Waals surface area contributed by atoms with Crippen molar-refractivity contribution < 1.29 is 4.74 Å². The normalized spacial score (nSPS) is 29.7. The molecule has 1 aliphatic rings. The van der Waals surface area contributed by atoms with Gasteiger partial charge in [0.15, 0.2) is 0 Å². The molecule has 0 radical (unpaired) electrons. The number of hydrogen-bond acceptors (Lipinski definition) is 3. The van der Waals surface area contributed by atoms with Crippen LogP contribution in [0.15, 0.2) is 30.3 Å². The van der Waals surface area contributed by atoms with Crippen molar-refractivity contribution in [3.63, 3.8) is 0 Å². The van der Waals surface area contributed by atoms with Crippen molar-refractivity contribution in [1.82, 2.24) is 5.32 Å². The third-order valence-electron chi connectivity index (χ3n) is 3.78. The number of hydrogen-bond donors (Lipinski definition) is 2. The summed E-state index contributed by atoms with van der Waals surface area (Å²) in [4.78, 5) is 0. The summed E-state index contributed by atoms with van der Waals surface area (Å²) in [5, 5.41) is 3.66. The summed E-state index contributed by atoms with van der Waals surface area (Å²) in [6, 6.07) is 10.8. The Hall–Kier alpha value is -0.900. The molecule has 17 heavy (non-hydrogen) atoms. The number of methoxy groups -OCH3 is 1. The minimum absolute atomic E-state index is 0.0654. The fraction of sp³-hybridized carbons (Fsp3) is 0.571. The number of nitrogens with two attached hydrogens (primary N) is 1. The van der Waals surface area contributed by atoms with Gasteiger partial charge in [0.2, 0.25) is 0 Å². The first-order valence-electron chi connectivity index (χ1n) is 6.24. The van der Waals surface area contributed by atoms with E-state index in [1.807, 2.05) is 6.07 Å². The third-order valence-corrected chi connectivity index (χ3v) is 3.78. The van der Waals surface area contributed by atoms with Crippen LogP contribution in [0.2, 0.25) is 0 Å². The van der Waals surface area contributed by atoms with Gasteiger partial charge in [-0.05, 0) is 25.3 Å². The predicted octanol–water partition coefficient (Wildman–Crippen LogP) is 1.84. The summed E-state index contributed by atoms with van der Waals surface area (Å²) in [5.74, 6) is 0. The van der Waals surface area contributed by atoms with Gasteiger partial charge in [-0.15, -0.1) is 0 Å². The number of nitrogens with one attached hydrogen (secondary N) is 1. The quantitative estimate of drug-likeness (QED) is 0.817. The van der Waals surface area contributed by atoms with Crippen molar-refractivity contribution in [2.24, 2.45) is 5.73 Å². The molecule has 94 valence electrons. The number of rotatable bonds is 5. The molecule has 0 aromatic heterocycles. The van der Waals surface area contributed by atoms with Crippen molar-refractivity contribution in [1.29, 1.82) is 0 Å². The smallest absolute Gasteiger partial charge is 0.0607 e. The maximum atomic E-state index is 5.89. The molecule has 1 aliphatic carbocycles. The van der Waals surface area contributed by atoms with Crippen LogP contribution in [0.25, 0.3) is 0 Å². The first-order chi connectivity index (χ1) is 8.19. The lowest BCUT2D eigenvalue weighted by molar-refractivity contribution is -0.0304. The minimum Gasteiger partial charge on any atom is -0.381 e. The van der Waals surface area contributed by atoms with Gasteiger partial charge in [0.05, 0.1) is 6.10 Å². The van der Waals surface area contributed by atoms with Gasteiger partial charge >= 0.3 is 0 Å². The Kier molecular flexibility index (Phi) is 3.82. The maximum Gasteiger partial charge on any atom is 0.0607 e. The Bertz CT molecular complexity index is 346. The summed E-state index contributed by atoms with van der Waals surface area (Å²) in [6.45, 7) is 2.86. The molecule has 1 unspecified atom stereocenters. The van der Waals surface area contributed by atoms with Crippen molar-refractivity contribution in [2.45, 2.75) is 37.5 Å². The molecule has 1 fully saturated rings. The molecule has 1 saturated carbocycles. The van der Waals surface area contributed by atoms with E-state index < -0.39 is 0 Å². The summed E-state index contributed by atoms with van der Waals surface area (Å²) < 4.78 is 5.33. The zero-order valence-electron chi connectivity index (χ0n) is 10.6. The number of ether oxygens (including phenoxy) is 1. The lowest BCUT2D eigenvalue weighted by atomic mass is 9.73. The lowest BCUT2D eigenvalue weighted by Gasteiger charge is -2.48. The van der Waals surface area contributed by atoms with E-state index in [2.05, 4.69) is 36.5 Å². The lowest BCUT2D eigenvalue weighted by Crippen LogP contribution is -2.62. The highest BCUT2D eigenvalue weighted by molar-refractivity contribution is 5.19. The predicted molar refractivity (Wildman–Crippen MR) is 69.8 cm³/mol. The van der Waals surface area contributed by atoms with Crippen LogP contribution in [-0.4, -0.2) is 25.3 Å². The fourth-order valence-corrected chi connectivity index (χ4v) is 2.61. The number of benzene rings is 1. The van der Waals surface area contributed by atoms with Gasteiger partial charge in [0.1, 0.15) is 0 Å². The summed E-state index contributed by atoms with van der Waals surface area (Å²) in [5.41, 5.74) is 7.27. The van der Waals surface area contributed by atoms with Gasteiger partial charge in [-0.1, -0.05) is 30.3 Å². The molecule has 1 aromatic carbocycles. The van der Waals surface area contributed by atoms with Gasteiger partial charge in [-0.2, -0.15) is 0 Å². The van der Waals surface area contributed by atoms with E-state index in [1.54, 1.807) is 7.11 Å². The average molecular weight is 234 g/mol. The van der Waals surface area contributed by atoms with E-state index in [0.29, 0.717) is 18.7 Å². The summed E-state index contributed by atoms with van der Waals surface area (Å²) in [6.07, 6.45) is 2.39.